The van der Waals surface area contributed by atoms with Gasteiger partial charge >= 0.3 is 6.13 Å². The third kappa shape index (κ3) is 1.42. The minimum atomic E-state index is 0.120. The molecule has 0 aromatic heterocycles. The normalized spacial score (nSPS) is 19.8. The predicted octanol–water partition coefficient (Wildman–Crippen LogP) is 3.07. The monoisotopic (exact) mass is 176 g/mol. The van der Waals surface area contributed by atoms with Gasteiger partial charge in [0.2, 0.25) is 0 Å². The lowest BCUT2D eigenvalue weighted by Crippen LogP contribution is -2.10. The summed E-state index contributed by atoms with van der Waals surface area (Å²) >= 11 is 6.28. The Bertz CT molecular complexity index is 267. The number of rotatable bonds is 2. The molecule has 2 rings (SSSR count). The van der Waals surface area contributed by atoms with Crippen molar-refractivity contribution in [2.45, 2.75) is 12.8 Å². The second-order valence-electron chi connectivity index (χ2n) is 3.11. The van der Waals surface area contributed by atoms with Crippen LogP contribution in [0, 0.1) is 0 Å². The van der Waals surface area contributed by atoms with E-state index in [4.69, 9.17) is 11.5 Å². The van der Waals surface area contributed by atoms with Gasteiger partial charge in [0.15, 0.2) is 0 Å². The molecular weight excluding hydrogens is 166 g/mol. The highest BCUT2D eigenvalue weighted by Gasteiger charge is 2.21. The van der Waals surface area contributed by atoms with E-state index in [-0.39, 0.29) is 6.13 Å². The van der Waals surface area contributed by atoms with Crippen LogP contribution in [-0.4, -0.2) is 6.13 Å². The molecule has 0 heterocycles. The summed E-state index contributed by atoms with van der Waals surface area (Å²) in [5.41, 5.74) is 2.65. The van der Waals surface area contributed by atoms with E-state index in [1.54, 1.807) is 0 Å². The Labute approximate surface area is 78.3 Å². The van der Waals surface area contributed by atoms with Crippen LogP contribution >= 0.6 is 11.5 Å². The molecule has 2 aliphatic rings. The molecule has 0 N–H and O–H groups in total. The zero-order chi connectivity index (χ0) is 8.39. The van der Waals surface area contributed by atoms with Crippen LogP contribution in [0.1, 0.15) is 12.8 Å². The molecule has 2 heteroatoms. The van der Waals surface area contributed by atoms with Crippen LogP contribution < -0.4 is 0 Å². The molecule has 0 aromatic rings. The number of hydrogen-bond acceptors (Lipinski definition) is 0. The number of hydrogen-bond donors (Lipinski definition) is 0. The smallest absolute Gasteiger partial charge is 0.183 e. The molecule has 0 radical (unpaired) electrons. The first-order valence-corrected chi connectivity index (χ1v) is 4.67. The molecule has 0 saturated carbocycles. The quantitative estimate of drug-likeness (QED) is 0.567. The first kappa shape index (κ1) is 7.94. The Morgan fingerprint density at radius 1 is 1.00 bits per heavy atom. The predicted molar refractivity (Wildman–Crippen MR) is 55.3 cm³/mol. The highest BCUT2D eigenvalue weighted by atomic mass is 35.5. The lowest BCUT2D eigenvalue weighted by Gasteiger charge is -2.07. The molecule has 0 aromatic carbocycles. The topological polar surface area (TPSA) is 0 Å². The zero-order valence-corrected chi connectivity index (χ0v) is 7.59. The Balaban J connectivity index is 2.05. The van der Waals surface area contributed by atoms with Crippen molar-refractivity contribution < 1.29 is 0 Å². The van der Waals surface area contributed by atoms with Gasteiger partial charge in [0, 0.05) is 0 Å². The zero-order valence-electron chi connectivity index (χ0n) is 6.83. The second-order valence-corrected chi connectivity index (χ2v) is 3.55. The summed E-state index contributed by atoms with van der Waals surface area (Å²) in [5.74, 6) is 0. The third-order valence-corrected chi connectivity index (χ3v) is 2.81. The fourth-order valence-electron chi connectivity index (χ4n) is 1.54. The van der Waals surface area contributed by atoms with Gasteiger partial charge in [0.25, 0.3) is 0 Å². The van der Waals surface area contributed by atoms with Crippen LogP contribution in [0.2, 0.25) is 0 Å². The van der Waals surface area contributed by atoms with Crippen LogP contribution in [0.25, 0.3) is 0 Å². The lowest BCUT2D eigenvalue weighted by atomic mass is 9.60. The van der Waals surface area contributed by atoms with Crippen LogP contribution in [0.15, 0.2) is 47.4 Å². The second kappa shape index (κ2) is 3.36. The van der Waals surface area contributed by atoms with Crippen LogP contribution in [0.5, 0.6) is 0 Å². The average molecular weight is 176 g/mol. The maximum Gasteiger partial charge on any atom is 0.308 e. The molecule has 12 heavy (non-hydrogen) atoms. The SMILES string of the molecule is ClB(C1=CC=CC1)C1=CC=CC1. The van der Waals surface area contributed by atoms with Gasteiger partial charge in [-0.15, -0.1) is 0 Å². The highest BCUT2D eigenvalue weighted by Crippen LogP contribution is 2.25. The maximum absolute atomic E-state index is 6.28. The van der Waals surface area contributed by atoms with Crippen LogP contribution in [0.3, 0.4) is 0 Å². The van der Waals surface area contributed by atoms with Gasteiger partial charge in [-0.05, 0) is 12.8 Å². The standard InChI is InChI=1S/C10H10BCl/c12-11(9-5-1-2-6-9)10-7-3-4-8-10/h1-5,7H,6,8H2. The first-order chi connectivity index (χ1) is 5.88. The molecule has 0 aliphatic heterocycles. The number of halogens is 1. The summed E-state index contributed by atoms with van der Waals surface area (Å²) in [4.78, 5) is 0. The molecule has 2 aliphatic carbocycles. The van der Waals surface area contributed by atoms with Gasteiger partial charge in [0.1, 0.15) is 0 Å². The van der Waals surface area contributed by atoms with Gasteiger partial charge in [-0.3, -0.25) is 0 Å². The summed E-state index contributed by atoms with van der Waals surface area (Å²) in [6.07, 6.45) is 14.8. The van der Waals surface area contributed by atoms with Crippen LogP contribution in [0.4, 0.5) is 0 Å². The molecule has 0 fully saturated rings. The molecular formula is C10H10BCl. The Kier molecular flexibility index (Phi) is 2.22. The Morgan fingerprint density at radius 3 is 1.83 bits per heavy atom. The van der Waals surface area contributed by atoms with Gasteiger partial charge in [-0.25, -0.2) is 0 Å². The van der Waals surface area contributed by atoms with Crippen molar-refractivity contribution in [3.8, 4) is 0 Å². The highest BCUT2D eigenvalue weighted by molar-refractivity contribution is 7.15. The van der Waals surface area contributed by atoms with E-state index >= 15 is 0 Å². The fourth-order valence-corrected chi connectivity index (χ4v) is 1.87. The lowest BCUT2D eigenvalue weighted by molar-refractivity contribution is 1.35. The van der Waals surface area contributed by atoms with Gasteiger partial charge < -0.3 is 0 Å². The summed E-state index contributed by atoms with van der Waals surface area (Å²) in [6.45, 7) is 0. The van der Waals surface area contributed by atoms with Gasteiger partial charge in [-0.2, -0.15) is 11.5 Å². The van der Waals surface area contributed by atoms with Crippen molar-refractivity contribution in [2.75, 3.05) is 0 Å². The molecule has 0 amide bonds. The van der Waals surface area contributed by atoms with E-state index in [0.717, 1.165) is 12.8 Å². The average Bonchev–Trinajstić information content (AvgIpc) is 2.77. The summed E-state index contributed by atoms with van der Waals surface area (Å²) in [7, 11) is 0. The number of allylic oxidation sites excluding steroid dienone is 8. The van der Waals surface area contributed by atoms with Crippen LogP contribution in [-0.2, 0) is 0 Å². The van der Waals surface area contributed by atoms with Crippen molar-refractivity contribution in [1.29, 1.82) is 0 Å². The summed E-state index contributed by atoms with van der Waals surface area (Å²) < 4.78 is 0. The van der Waals surface area contributed by atoms with E-state index in [2.05, 4.69) is 36.5 Å². The van der Waals surface area contributed by atoms with E-state index in [1.165, 1.54) is 10.9 Å². The molecule has 0 saturated heterocycles. The first-order valence-electron chi connectivity index (χ1n) is 4.23. The van der Waals surface area contributed by atoms with Gasteiger partial charge in [-0.1, -0.05) is 47.4 Å². The maximum atomic E-state index is 6.28. The van der Waals surface area contributed by atoms with E-state index in [1.807, 2.05) is 0 Å². The summed E-state index contributed by atoms with van der Waals surface area (Å²) in [5, 5.41) is 0. The van der Waals surface area contributed by atoms with E-state index in [9.17, 15) is 0 Å². The van der Waals surface area contributed by atoms with Crippen molar-refractivity contribution >= 4 is 17.6 Å². The molecule has 0 nitrogen and oxygen atoms in total. The largest absolute Gasteiger partial charge is 0.308 e. The molecule has 0 spiro atoms. The van der Waals surface area contributed by atoms with Gasteiger partial charge in [0.05, 0.1) is 0 Å². The van der Waals surface area contributed by atoms with E-state index < -0.39 is 0 Å². The fraction of sp³-hybridized carbons (Fsp3) is 0.200. The van der Waals surface area contributed by atoms with Crippen molar-refractivity contribution in [3.05, 3.63) is 47.4 Å². The Hall–Kier alpha value is -0.685. The minimum absolute atomic E-state index is 0.120. The van der Waals surface area contributed by atoms with Crippen molar-refractivity contribution in [3.63, 3.8) is 0 Å². The molecule has 0 unspecified atom stereocenters. The molecule has 0 bridgehead atoms. The third-order valence-electron chi connectivity index (χ3n) is 2.25. The van der Waals surface area contributed by atoms with E-state index in [0.29, 0.717) is 0 Å². The minimum Gasteiger partial charge on any atom is -0.183 e. The molecule has 60 valence electrons. The summed E-state index contributed by atoms with van der Waals surface area (Å²) in [6, 6.07) is 0. The van der Waals surface area contributed by atoms with Crippen molar-refractivity contribution in [1.82, 2.24) is 0 Å². The molecule has 0 atom stereocenters. The van der Waals surface area contributed by atoms with Crippen molar-refractivity contribution in [2.24, 2.45) is 0 Å². The Morgan fingerprint density at radius 2 is 1.50 bits per heavy atom.